The third kappa shape index (κ3) is 6.39. The number of primary amides is 1. The molecule has 8 N–H and O–H groups in total. The molecule has 1 aromatic heterocycles. The van der Waals surface area contributed by atoms with E-state index < -0.39 is 47.9 Å². The van der Waals surface area contributed by atoms with Crippen LogP contribution in [0.5, 0.6) is 0 Å². The minimum absolute atomic E-state index is 0.000859. The summed E-state index contributed by atoms with van der Waals surface area (Å²) in [6.45, 7) is 1.89. The van der Waals surface area contributed by atoms with Gasteiger partial charge in [0, 0.05) is 36.5 Å². The number of aromatic nitrogens is 1. The molecule has 2 aromatic rings. The number of aromatic amines is 1. The number of nitrogens with zero attached hydrogens (tertiary/aromatic N) is 1. The van der Waals surface area contributed by atoms with Gasteiger partial charge in [-0.3, -0.25) is 19.2 Å². The van der Waals surface area contributed by atoms with E-state index >= 15 is 0 Å². The molecule has 1 fully saturated rings. The van der Waals surface area contributed by atoms with E-state index in [0.717, 1.165) is 10.9 Å². The number of hydrogen-bond acceptors (Lipinski definition) is 6. The highest BCUT2D eigenvalue weighted by Gasteiger charge is 2.37. The van der Waals surface area contributed by atoms with Crippen molar-refractivity contribution in [3.8, 4) is 0 Å². The number of carbonyl (C=O) groups excluding carboxylic acids is 4. The fourth-order valence-corrected chi connectivity index (χ4v) is 4.38. The predicted molar refractivity (Wildman–Crippen MR) is 130 cm³/mol. The van der Waals surface area contributed by atoms with Crippen molar-refractivity contribution in [2.75, 3.05) is 6.54 Å². The monoisotopic (exact) mass is 500 g/mol. The smallest absolute Gasteiger partial charge is 0.326 e. The number of aliphatic carboxylic acids is 1. The molecule has 1 saturated heterocycles. The minimum atomic E-state index is -1.28. The Kier molecular flexibility index (Phi) is 8.64. The summed E-state index contributed by atoms with van der Waals surface area (Å²) >= 11 is 0. The summed E-state index contributed by atoms with van der Waals surface area (Å²) < 4.78 is 0. The number of benzene rings is 1. The zero-order chi connectivity index (χ0) is 26.4. The van der Waals surface area contributed by atoms with Crippen molar-refractivity contribution in [1.29, 1.82) is 0 Å². The molecule has 36 heavy (non-hydrogen) atoms. The topological polar surface area (TPSA) is 201 Å². The lowest BCUT2D eigenvalue weighted by Crippen LogP contribution is -2.56. The Morgan fingerprint density at radius 2 is 1.89 bits per heavy atom. The highest BCUT2D eigenvalue weighted by Crippen LogP contribution is 2.20. The van der Waals surface area contributed by atoms with Gasteiger partial charge in [0.1, 0.15) is 18.1 Å². The molecule has 4 unspecified atom stereocenters. The van der Waals surface area contributed by atoms with Crippen LogP contribution in [0.15, 0.2) is 30.5 Å². The first-order valence-corrected chi connectivity index (χ1v) is 11.8. The highest BCUT2D eigenvalue weighted by atomic mass is 16.4. The number of hydrogen-bond donors (Lipinski definition) is 6. The molecule has 2 heterocycles. The second-order valence-corrected chi connectivity index (χ2v) is 9.01. The third-order valence-corrected chi connectivity index (χ3v) is 6.25. The Hall–Kier alpha value is -3.93. The second kappa shape index (κ2) is 11.7. The lowest BCUT2D eigenvalue weighted by Gasteiger charge is -2.28. The molecule has 4 atom stereocenters. The fraction of sp³-hybridized carbons (Fsp3) is 0.458. The number of likely N-dealkylation sites (tertiary alicyclic amines) is 1. The zero-order valence-electron chi connectivity index (χ0n) is 20.0. The average Bonchev–Trinajstić information content (AvgIpc) is 3.48. The molecule has 12 nitrogen and oxygen atoms in total. The number of carboxylic acids is 1. The molecule has 12 heteroatoms. The van der Waals surface area contributed by atoms with E-state index in [1.807, 2.05) is 24.3 Å². The van der Waals surface area contributed by atoms with Crippen molar-refractivity contribution < 1.29 is 29.1 Å². The predicted octanol–water partition coefficient (Wildman–Crippen LogP) is -0.632. The Balaban J connectivity index is 1.73. The molecule has 0 radical (unpaired) electrons. The van der Waals surface area contributed by atoms with Crippen molar-refractivity contribution in [3.05, 3.63) is 36.0 Å². The maximum Gasteiger partial charge on any atom is 0.326 e. The molecule has 194 valence electrons. The fourth-order valence-electron chi connectivity index (χ4n) is 4.38. The molecule has 1 aliphatic rings. The molecule has 0 saturated carbocycles. The van der Waals surface area contributed by atoms with Gasteiger partial charge in [0.05, 0.1) is 6.04 Å². The first-order valence-electron chi connectivity index (χ1n) is 11.8. The summed E-state index contributed by atoms with van der Waals surface area (Å²) in [5, 5.41) is 15.6. The van der Waals surface area contributed by atoms with Crippen molar-refractivity contribution in [2.24, 2.45) is 11.5 Å². The van der Waals surface area contributed by atoms with Crippen molar-refractivity contribution in [3.63, 3.8) is 0 Å². The third-order valence-electron chi connectivity index (χ3n) is 6.25. The second-order valence-electron chi connectivity index (χ2n) is 9.01. The van der Waals surface area contributed by atoms with Crippen LogP contribution in [0.3, 0.4) is 0 Å². The number of carboxylic acid groups (broad SMARTS) is 1. The van der Waals surface area contributed by atoms with Crippen molar-refractivity contribution in [1.82, 2.24) is 20.5 Å². The lowest BCUT2D eigenvalue weighted by molar-refractivity contribution is -0.143. The van der Waals surface area contributed by atoms with Gasteiger partial charge in [0.2, 0.25) is 23.6 Å². The maximum absolute atomic E-state index is 13.1. The van der Waals surface area contributed by atoms with Gasteiger partial charge in [-0.05, 0) is 37.8 Å². The van der Waals surface area contributed by atoms with Gasteiger partial charge >= 0.3 is 5.97 Å². The van der Waals surface area contributed by atoms with Gasteiger partial charge in [0.25, 0.3) is 0 Å². The van der Waals surface area contributed by atoms with Crippen LogP contribution in [0.25, 0.3) is 10.9 Å². The number of carbonyl (C=O) groups is 5. The number of H-pyrrole nitrogens is 1. The van der Waals surface area contributed by atoms with Crippen LogP contribution < -0.4 is 22.1 Å². The molecule has 1 aliphatic heterocycles. The lowest BCUT2D eigenvalue weighted by atomic mass is 10.0. The number of fused-ring (bicyclic) bond motifs is 1. The molecule has 0 aliphatic carbocycles. The van der Waals surface area contributed by atoms with E-state index in [9.17, 15) is 29.1 Å². The molecular weight excluding hydrogens is 468 g/mol. The van der Waals surface area contributed by atoms with Gasteiger partial charge in [0.15, 0.2) is 0 Å². The molecule has 3 rings (SSSR count). The number of nitrogens with two attached hydrogens (primary N) is 2. The number of para-hydroxylation sites is 1. The first-order chi connectivity index (χ1) is 17.1. The minimum Gasteiger partial charge on any atom is -0.480 e. The summed E-state index contributed by atoms with van der Waals surface area (Å²) in [6.07, 6.45) is 2.35. The Bertz CT molecular complexity index is 1150. The Labute approximate surface area is 207 Å². The van der Waals surface area contributed by atoms with E-state index in [2.05, 4.69) is 15.6 Å². The Morgan fingerprint density at radius 3 is 2.56 bits per heavy atom. The van der Waals surface area contributed by atoms with Crippen LogP contribution in [0.4, 0.5) is 0 Å². The van der Waals surface area contributed by atoms with Crippen LogP contribution >= 0.6 is 0 Å². The van der Waals surface area contributed by atoms with Gasteiger partial charge < -0.3 is 37.1 Å². The molecule has 0 bridgehead atoms. The van der Waals surface area contributed by atoms with E-state index in [1.54, 1.807) is 6.20 Å². The molecule has 4 amide bonds. The largest absolute Gasteiger partial charge is 0.480 e. The number of amides is 4. The standard InChI is InChI=1S/C24H32N6O6/c1-13(25)23(34)30-10-4-7-19(30)22(33)28-17(8-9-20(26)31)21(32)29-18(24(35)36)11-14-12-27-16-6-3-2-5-15(14)16/h2-3,5-6,12-13,17-19,27H,4,7-11,25H2,1H3,(H2,26,31)(H,28,33)(H,29,32)(H,35,36). The molecule has 0 spiro atoms. The first kappa shape index (κ1) is 26.7. The average molecular weight is 501 g/mol. The van der Waals surface area contributed by atoms with Crippen LogP contribution in [0.1, 0.15) is 38.2 Å². The Morgan fingerprint density at radius 1 is 1.17 bits per heavy atom. The summed E-state index contributed by atoms with van der Waals surface area (Å²) in [4.78, 5) is 66.2. The van der Waals surface area contributed by atoms with E-state index in [-0.39, 0.29) is 25.2 Å². The maximum atomic E-state index is 13.1. The van der Waals surface area contributed by atoms with Gasteiger partial charge in [-0.2, -0.15) is 0 Å². The van der Waals surface area contributed by atoms with Crippen LogP contribution in [0.2, 0.25) is 0 Å². The highest BCUT2D eigenvalue weighted by molar-refractivity contribution is 5.95. The van der Waals surface area contributed by atoms with Crippen molar-refractivity contribution in [2.45, 2.75) is 63.2 Å². The van der Waals surface area contributed by atoms with Gasteiger partial charge in [-0.25, -0.2) is 4.79 Å². The van der Waals surface area contributed by atoms with Crippen LogP contribution in [-0.4, -0.2) is 75.3 Å². The van der Waals surface area contributed by atoms with E-state index in [4.69, 9.17) is 11.5 Å². The normalized spacial score (nSPS) is 17.8. The van der Waals surface area contributed by atoms with E-state index in [1.165, 1.54) is 11.8 Å². The van der Waals surface area contributed by atoms with Gasteiger partial charge in [-0.1, -0.05) is 18.2 Å². The number of nitrogens with one attached hydrogen (secondary N) is 3. The van der Waals surface area contributed by atoms with Crippen LogP contribution in [0, 0.1) is 0 Å². The van der Waals surface area contributed by atoms with Crippen LogP contribution in [-0.2, 0) is 30.4 Å². The zero-order valence-corrected chi connectivity index (χ0v) is 20.0. The van der Waals surface area contributed by atoms with E-state index in [0.29, 0.717) is 24.9 Å². The SMILES string of the molecule is CC(N)C(=O)N1CCCC1C(=O)NC(CCC(N)=O)C(=O)NC(Cc1c[nH]c2ccccc12)C(=O)O. The summed E-state index contributed by atoms with van der Waals surface area (Å²) in [5.74, 6) is -3.65. The summed E-state index contributed by atoms with van der Waals surface area (Å²) in [5.41, 5.74) is 12.5. The summed E-state index contributed by atoms with van der Waals surface area (Å²) in [7, 11) is 0. The molecular formula is C24H32N6O6. The quantitative estimate of drug-likeness (QED) is 0.236. The summed E-state index contributed by atoms with van der Waals surface area (Å²) in [6, 6.07) is 3.27. The number of rotatable bonds is 11. The molecule has 1 aromatic carbocycles. The van der Waals surface area contributed by atoms with Gasteiger partial charge in [-0.15, -0.1) is 0 Å². The van der Waals surface area contributed by atoms with Crippen molar-refractivity contribution >= 4 is 40.5 Å².